The third kappa shape index (κ3) is 4.03. The quantitative estimate of drug-likeness (QED) is 0.770. The average Bonchev–Trinajstić information content (AvgIpc) is 2.66. The molecule has 25 heavy (non-hydrogen) atoms. The van der Waals surface area contributed by atoms with E-state index in [0.717, 1.165) is 21.9 Å². The molecule has 6 heteroatoms. The lowest BCUT2D eigenvalue weighted by Crippen LogP contribution is -2.41. The van der Waals surface area contributed by atoms with Gasteiger partial charge in [0.05, 0.1) is 11.7 Å². The van der Waals surface area contributed by atoms with Crippen molar-refractivity contribution in [3.8, 4) is 0 Å². The Hall–Kier alpha value is -2.31. The summed E-state index contributed by atoms with van der Waals surface area (Å²) in [5, 5.41) is 0. The number of thioether (sulfide) groups is 1. The fourth-order valence-corrected chi connectivity index (χ4v) is 3.96. The van der Waals surface area contributed by atoms with Crippen LogP contribution in [0.15, 0.2) is 59.5 Å². The van der Waals surface area contributed by atoms with Crippen LogP contribution in [0.1, 0.15) is 11.6 Å². The molecule has 3 rings (SSSR count). The van der Waals surface area contributed by atoms with Crippen LogP contribution in [0.5, 0.6) is 0 Å². The molecule has 2 aromatic carbocycles. The number of methoxy groups -OCH3 is 1. The highest BCUT2D eigenvalue weighted by atomic mass is 32.2. The van der Waals surface area contributed by atoms with Crippen molar-refractivity contribution in [1.82, 2.24) is 0 Å². The van der Waals surface area contributed by atoms with Gasteiger partial charge in [0.15, 0.2) is 6.61 Å². The minimum Gasteiger partial charge on any atom is -0.454 e. The molecule has 130 valence electrons. The third-order valence-electron chi connectivity index (χ3n) is 3.91. The zero-order valence-corrected chi connectivity index (χ0v) is 14.7. The molecule has 2 aromatic rings. The maximum atomic E-state index is 12.9. The second-order valence-corrected chi connectivity index (χ2v) is 6.62. The number of fused-ring (bicyclic) bond motifs is 1. The number of amides is 1. The molecule has 1 aliphatic rings. The van der Waals surface area contributed by atoms with E-state index in [2.05, 4.69) is 0 Å². The van der Waals surface area contributed by atoms with Crippen LogP contribution < -0.4 is 4.90 Å². The van der Waals surface area contributed by atoms with Crippen molar-refractivity contribution in [1.29, 1.82) is 0 Å². The summed E-state index contributed by atoms with van der Waals surface area (Å²) >= 11 is 1.72. The molecular formula is C19H19NO4S. The molecule has 0 radical (unpaired) electrons. The Balaban J connectivity index is 1.87. The van der Waals surface area contributed by atoms with Crippen LogP contribution in [-0.4, -0.2) is 38.0 Å². The molecule has 1 atom stereocenters. The predicted octanol–water partition coefficient (Wildman–Crippen LogP) is 3.06. The Morgan fingerprint density at radius 3 is 2.56 bits per heavy atom. The van der Waals surface area contributed by atoms with Gasteiger partial charge in [-0.05, 0) is 17.7 Å². The molecule has 1 heterocycles. The summed E-state index contributed by atoms with van der Waals surface area (Å²) in [5.74, 6) is -0.0449. The lowest BCUT2D eigenvalue weighted by atomic mass is 10.1. The van der Waals surface area contributed by atoms with Gasteiger partial charge in [-0.1, -0.05) is 42.5 Å². The van der Waals surface area contributed by atoms with Gasteiger partial charge in [-0.25, -0.2) is 4.79 Å². The minimum absolute atomic E-state index is 0.102. The predicted molar refractivity (Wildman–Crippen MR) is 96.7 cm³/mol. The van der Waals surface area contributed by atoms with Crippen LogP contribution in [0.25, 0.3) is 0 Å². The van der Waals surface area contributed by atoms with Gasteiger partial charge in [0.1, 0.15) is 6.61 Å². The first-order chi connectivity index (χ1) is 12.2. The van der Waals surface area contributed by atoms with Crippen LogP contribution in [0, 0.1) is 0 Å². The highest BCUT2D eigenvalue weighted by Crippen LogP contribution is 2.43. The van der Waals surface area contributed by atoms with E-state index in [0.29, 0.717) is 0 Å². The normalized spacial score (nSPS) is 16.2. The molecule has 1 amide bonds. The maximum absolute atomic E-state index is 12.9. The molecule has 0 bridgehead atoms. The fraction of sp³-hybridized carbons (Fsp3) is 0.263. The first-order valence-electron chi connectivity index (χ1n) is 7.94. The second-order valence-electron chi connectivity index (χ2n) is 5.56. The van der Waals surface area contributed by atoms with Crippen LogP contribution in [-0.2, 0) is 19.1 Å². The van der Waals surface area contributed by atoms with Crippen LogP contribution in [0.2, 0.25) is 0 Å². The molecular weight excluding hydrogens is 338 g/mol. The standard InChI is InChI=1S/C19H19NO4S/c1-23-12-19(22)24-11-18(21)20-15-9-5-6-10-17(15)25-13-16(20)14-7-3-2-4-8-14/h2-10,16H,11-13H2,1H3/t16-/m0/s1. The number of rotatable bonds is 5. The Morgan fingerprint density at radius 1 is 1.08 bits per heavy atom. The summed E-state index contributed by atoms with van der Waals surface area (Å²) in [6.07, 6.45) is 0. The number of para-hydroxylation sites is 1. The van der Waals surface area contributed by atoms with Crippen molar-refractivity contribution in [3.63, 3.8) is 0 Å². The van der Waals surface area contributed by atoms with E-state index in [9.17, 15) is 9.59 Å². The molecule has 1 aliphatic heterocycles. The molecule has 0 fully saturated rings. The van der Waals surface area contributed by atoms with E-state index >= 15 is 0 Å². The summed E-state index contributed by atoms with van der Waals surface area (Å²) < 4.78 is 9.76. The van der Waals surface area contributed by atoms with E-state index in [-0.39, 0.29) is 25.2 Å². The Kier molecular flexibility index (Phi) is 5.73. The second kappa shape index (κ2) is 8.18. The number of ether oxygens (including phenoxy) is 2. The number of esters is 1. The van der Waals surface area contributed by atoms with E-state index in [1.807, 2.05) is 54.6 Å². The van der Waals surface area contributed by atoms with Crippen LogP contribution >= 0.6 is 11.8 Å². The SMILES string of the molecule is COCC(=O)OCC(=O)N1c2ccccc2SC[C@H]1c1ccccc1. The summed E-state index contributed by atoms with van der Waals surface area (Å²) in [7, 11) is 1.41. The van der Waals surface area contributed by atoms with Crippen molar-refractivity contribution in [2.45, 2.75) is 10.9 Å². The van der Waals surface area contributed by atoms with Crippen molar-refractivity contribution < 1.29 is 19.1 Å². The summed E-state index contributed by atoms with van der Waals surface area (Å²) in [5.41, 5.74) is 1.90. The van der Waals surface area contributed by atoms with Crippen molar-refractivity contribution in [2.75, 3.05) is 31.0 Å². The highest BCUT2D eigenvalue weighted by molar-refractivity contribution is 7.99. The molecule has 5 nitrogen and oxygen atoms in total. The van der Waals surface area contributed by atoms with Crippen LogP contribution in [0.4, 0.5) is 5.69 Å². The summed E-state index contributed by atoms with van der Waals surface area (Å²) in [6.45, 7) is -0.466. The smallest absolute Gasteiger partial charge is 0.332 e. The van der Waals surface area contributed by atoms with Gasteiger partial charge in [0.25, 0.3) is 5.91 Å². The Bertz CT molecular complexity index is 750. The van der Waals surface area contributed by atoms with Crippen molar-refractivity contribution in [2.24, 2.45) is 0 Å². The summed E-state index contributed by atoms with van der Waals surface area (Å²) in [6, 6.07) is 17.6. The number of carbonyl (C=O) groups excluding carboxylic acids is 2. The van der Waals surface area contributed by atoms with E-state index in [1.54, 1.807) is 16.7 Å². The van der Waals surface area contributed by atoms with Gasteiger partial charge in [0.2, 0.25) is 0 Å². The lowest BCUT2D eigenvalue weighted by molar-refractivity contribution is -0.151. The maximum Gasteiger partial charge on any atom is 0.332 e. The first-order valence-corrected chi connectivity index (χ1v) is 8.92. The van der Waals surface area contributed by atoms with Gasteiger partial charge >= 0.3 is 5.97 Å². The van der Waals surface area contributed by atoms with Gasteiger partial charge in [-0.3, -0.25) is 9.69 Å². The molecule has 0 saturated carbocycles. The van der Waals surface area contributed by atoms with E-state index in [1.165, 1.54) is 7.11 Å². The van der Waals surface area contributed by atoms with Crippen LogP contribution in [0.3, 0.4) is 0 Å². The number of benzene rings is 2. The monoisotopic (exact) mass is 357 g/mol. The molecule has 0 saturated heterocycles. The average molecular weight is 357 g/mol. The first kappa shape index (κ1) is 17.5. The molecule has 0 aliphatic carbocycles. The lowest BCUT2D eigenvalue weighted by Gasteiger charge is -2.37. The van der Waals surface area contributed by atoms with Gasteiger partial charge in [-0.2, -0.15) is 0 Å². The summed E-state index contributed by atoms with van der Waals surface area (Å²) in [4.78, 5) is 27.1. The number of hydrogen-bond donors (Lipinski definition) is 0. The highest BCUT2D eigenvalue weighted by Gasteiger charge is 2.32. The van der Waals surface area contributed by atoms with Gasteiger partial charge in [0, 0.05) is 17.8 Å². The zero-order chi connectivity index (χ0) is 17.6. The fourth-order valence-electron chi connectivity index (χ4n) is 2.79. The largest absolute Gasteiger partial charge is 0.454 e. The number of nitrogens with zero attached hydrogens (tertiary/aromatic N) is 1. The van der Waals surface area contributed by atoms with Gasteiger partial charge in [-0.15, -0.1) is 11.8 Å². The third-order valence-corrected chi connectivity index (χ3v) is 5.04. The van der Waals surface area contributed by atoms with Gasteiger partial charge < -0.3 is 9.47 Å². The molecule has 0 unspecified atom stereocenters. The molecule has 0 spiro atoms. The number of carbonyl (C=O) groups is 2. The Labute approximate surface area is 150 Å². The van der Waals surface area contributed by atoms with Crippen molar-refractivity contribution in [3.05, 3.63) is 60.2 Å². The molecule has 0 aromatic heterocycles. The van der Waals surface area contributed by atoms with E-state index in [4.69, 9.17) is 9.47 Å². The zero-order valence-electron chi connectivity index (χ0n) is 13.9. The molecule has 0 N–H and O–H groups in total. The van der Waals surface area contributed by atoms with E-state index < -0.39 is 5.97 Å². The van der Waals surface area contributed by atoms with Crippen molar-refractivity contribution >= 4 is 29.3 Å². The Morgan fingerprint density at radius 2 is 1.80 bits per heavy atom. The number of anilines is 1. The topological polar surface area (TPSA) is 55.8 Å². The number of hydrogen-bond acceptors (Lipinski definition) is 5. The minimum atomic E-state index is -0.549.